The van der Waals surface area contributed by atoms with Crippen LogP contribution in [0.15, 0.2) is 30.3 Å². The summed E-state index contributed by atoms with van der Waals surface area (Å²) in [6.07, 6.45) is 3.35. The average Bonchev–Trinajstić information content (AvgIpc) is 3.40. The normalized spacial score (nSPS) is 17.0. The minimum absolute atomic E-state index is 0.207. The molecular formula is C25H32N6. The van der Waals surface area contributed by atoms with E-state index in [1.54, 1.807) is 0 Å². The Balaban J connectivity index is 2.14. The Hall–Kier alpha value is -2.91. The zero-order valence-corrected chi connectivity index (χ0v) is 19.5. The summed E-state index contributed by atoms with van der Waals surface area (Å²) in [4.78, 5) is 9.64. The summed E-state index contributed by atoms with van der Waals surface area (Å²) in [6, 6.07) is 12.7. The van der Waals surface area contributed by atoms with Gasteiger partial charge >= 0.3 is 0 Å². The van der Waals surface area contributed by atoms with E-state index in [1.165, 1.54) is 0 Å². The van der Waals surface area contributed by atoms with Crippen LogP contribution in [0.3, 0.4) is 0 Å². The van der Waals surface area contributed by atoms with Crippen LogP contribution >= 0.6 is 0 Å². The maximum absolute atomic E-state index is 10.3. The zero-order valence-electron chi connectivity index (χ0n) is 19.5. The van der Waals surface area contributed by atoms with Gasteiger partial charge in [0.2, 0.25) is 0 Å². The second-order valence-corrected chi connectivity index (χ2v) is 9.58. The maximum Gasteiger partial charge on any atom is 0.176 e. The third-order valence-electron chi connectivity index (χ3n) is 6.14. The topological polar surface area (TPSA) is 60.5 Å². The van der Waals surface area contributed by atoms with Crippen LogP contribution in [0.4, 0.5) is 5.82 Å². The lowest BCUT2D eigenvalue weighted by Gasteiger charge is -2.34. The SMILES string of the molecule is CCc1c(-c2ccccc2)c(C#N)c2nc(C(C)(C)C)nn2c1N1CCCC1N(C)C. The number of hydrogen-bond donors (Lipinski definition) is 0. The van der Waals surface area contributed by atoms with Crippen LogP contribution in [-0.2, 0) is 11.8 Å². The fourth-order valence-corrected chi connectivity index (χ4v) is 4.63. The van der Waals surface area contributed by atoms with Gasteiger partial charge in [-0.1, -0.05) is 58.0 Å². The van der Waals surface area contributed by atoms with Crippen molar-refractivity contribution in [2.24, 2.45) is 0 Å². The first-order chi connectivity index (χ1) is 14.8. The Morgan fingerprint density at radius 3 is 2.48 bits per heavy atom. The van der Waals surface area contributed by atoms with Gasteiger partial charge in [-0.15, -0.1) is 5.10 Å². The quantitative estimate of drug-likeness (QED) is 0.621. The van der Waals surface area contributed by atoms with E-state index >= 15 is 0 Å². The number of rotatable bonds is 4. The first-order valence-corrected chi connectivity index (χ1v) is 11.1. The molecule has 0 spiro atoms. The Labute approximate surface area is 185 Å². The van der Waals surface area contributed by atoms with Crippen LogP contribution < -0.4 is 4.90 Å². The van der Waals surface area contributed by atoms with Crippen LogP contribution in [0.5, 0.6) is 0 Å². The summed E-state index contributed by atoms with van der Waals surface area (Å²) >= 11 is 0. The summed E-state index contributed by atoms with van der Waals surface area (Å²) in [5.74, 6) is 1.84. The molecular weight excluding hydrogens is 384 g/mol. The first-order valence-electron chi connectivity index (χ1n) is 11.1. The Morgan fingerprint density at radius 2 is 1.90 bits per heavy atom. The standard InChI is InChI=1S/C25H32N6/c1-7-18-21(17-12-9-8-10-13-17)19(16-26)22-27-24(25(2,3)4)28-31(22)23(18)30-15-11-14-20(30)29(5)6/h8-10,12-13,20H,7,11,14-15H2,1-6H3. The molecule has 3 heterocycles. The second kappa shape index (κ2) is 7.97. The molecule has 1 fully saturated rings. The monoisotopic (exact) mass is 416 g/mol. The van der Waals surface area contributed by atoms with Crippen molar-refractivity contribution in [3.8, 4) is 17.2 Å². The molecule has 0 bridgehead atoms. The average molecular weight is 417 g/mol. The van der Waals surface area contributed by atoms with Crippen molar-refractivity contribution in [1.82, 2.24) is 19.5 Å². The summed E-state index contributed by atoms with van der Waals surface area (Å²) < 4.78 is 1.95. The second-order valence-electron chi connectivity index (χ2n) is 9.58. The summed E-state index contributed by atoms with van der Waals surface area (Å²) in [5, 5.41) is 15.2. The lowest BCUT2D eigenvalue weighted by Crippen LogP contribution is -2.42. The number of pyridine rings is 1. The molecule has 1 aromatic carbocycles. The summed E-state index contributed by atoms with van der Waals surface area (Å²) in [6.45, 7) is 9.48. The van der Waals surface area contributed by atoms with E-state index in [9.17, 15) is 5.26 Å². The maximum atomic E-state index is 10.3. The molecule has 0 radical (unpaired) electrons. The Morgan fingerprint density at radius 1 is 1.19 bits per heavy atom. The lowest BCUT2D eigenvalue weighted by molar-refractivity contribution is 0.299. The largest absolute Gasteiger partial charge is 0.341 e. The van der Waals surface area contributed by atoms with Gasteiger partial charge in [-0.2, -0.15) is 9.78 Å². The number of hydrogen-bond acceptors (Lipinski definition) is 5. The zero-order chi connectivity index (χ0) is 22.3. The van der Waals surface area contributed by atoms with Gasteiger partial charge in [-0.25, -0.2) is 4.98 Å². The summed E-state index contributed by atoms with van der Waals surface area (Å²) in [5.41, 5.74) is 4.26. The molecule has 2 aromatic heterocycles. The highest BCUT2D eigenvalue weighted by molar-refractivity contribution is 5.85. The van der Waals surface area contributed by atoms with Gasteiger partial charge in [-0.05, 0) is 38.9 Å². The molecule has 6 nitrogen and oxygen atoms in total. The fourth-order valence-electron chi connectivity index (χ4n) is 4.63. The van der Waals surface area contributed by atoms with Gasteiger partial charge in [0.1, 0.15) is 17.5 Å². The number of nitriles is 1. The van der Waals surface area contributed by atoms with Crippen molar-refractivity contribution in [2.75, 3.05) is 25.5 Å². The van der Waals surface area contributed by atoms with E-state index in [0.29, 0.717) is 17.4 Å². The molecule has 162 valence electrons. The highest BCUT2D eigenvalue weighted by Gasteiger charge is 2.34. The number of nitrogens with zero attached hydrogens (tertiary/aromatic N) is 6. The molecule has 1 aliphatic rings. The molecule has 0 aliphatic carbocycles. The Kier molecular flexibility index (Phi) is 5.49. The molecule has 31 heavy (non-hydrogen) atoms. The van der Waals surface area contributed by atoms with Gasteiger partial charge in [0.25, 0.3) is 0 Å². The molecule has 4 rings (SSSR count). The van der Waals surface area contributed by atoms with Gasteiger partial charge in [0.15, 0.2) is 11.5 Å². The number of benzene rings is 1. The molecule has 1 atom stereocenters. The van der Waals surface area contributed by atoms with Crippen LogP contribution in [0.1, 0.15) is 57.5 Å². The van der Waals surface area contributed by atoms with E-state index in [1.807, 2.05) is 22.7 Å². The molecule has 6 heteroatoms. The third-order valence-corrected chi connectivity index (χ3v) is 6.14. The molecule has 3 aromatic rings. The van der Waals surface area contributed by atoms with Crippen molar-refractivity contribution in [2.45, 2.75) is 58.5 Å². The van der Waals surface area contributed by atoms with Crippen LogP contribution in [0.25, 0.3) is 16.8 Å². The third kappa shape index (κ3) is 3.57. The lowest BCUT2D eigenvalue weighted by atomic mass is 9.94. The smallest absolute Gasteiger partial charge is 0.176 e. The van der Waals surface area contributed by atoms with Gasteiger partial charge < -0.3 is 4.90 Å². The predicted octanol–water partition coefficient (Wildman–Crippen LogP) is 4.62. The van der Waals surface area contributed by atoms with Crippen LogP contribution in [-0.4, -0.2) is 46.3 Å². The molecule has 0 amide bonds. The minimum atomic E-state index is -0.207. The molecule has 1 aliphatic heterocycles. The van der Waals surface area contributed by atoms with E-state index < -0.39 is 0 Å². The number of anilines is 1. The van der Waals surface area contributed by atoms with E-state index in [0.717, 1.165) is 54.1 Å². The predicted molar refractivity (Wildman–Crippen MR) is 125 cm³/mol. The molecule has 0 N–H and O–H groups in total. The fraction of sp³-hybridized carbons (Fsp3) is 0.480. The van der Waals surface area contributed by atoms with Gasteiger partial charge in [-0.3, -0.25) is 4.90 Å². The van der Waals surface area contributed by atoms with Crippen molar-refractivity contribution in [3.63, 3.8) is 0 Å². The number of aromatic nitrogens is 3. The van der Waals surface area contributed by atoms with Crippen molar-refractivity contribution in [3.05, 3.63) is 47.3 Å². The molecule has 0 saturated carbocycles. The van der Waals surface area contributed by atoms with Crippen molar-refractivity contribution >= 4 is 11.5 Å². The number of fused-ring (bicyclic) bond motifs is 1. The van der Waals surface area contributed by atoms with E-state index in [2.05, 4.69) is 69.8 Å². The highest BCUT2D eigenvalue weighted by atomic mass is 15.4. The first kappa shape index (κ1) is 21.3. The van der Waals surface area contributed by atoms with Crippen LogP contribution in [0.2, 0.25) is 0 Å². The highest BCUT2D eigenvalue weighted by Crippen LogP contribution is 2.40. The van der Waals surface area contributed by atoms with Crippen LogP contribution in [0, 0.1) is 11.3 Å². The van der Waals surface area contributed by atoms with Gasteiger partial charge in [0.05, 0.1) is 6.17 Å². The minimum Gasteiger partial charge on any atom is -0.341 e. The summed E-state index contributed by atoms with van der Waals surface area (Å²) in [7, 11) is 4.27. The van der Waals surface area contributed by atoms with E-state index in [4.69, 9.17) is 10.1 Å². The van der Waals surface area contributed by atoms with Crippen molar-refractivity contribution in [1.29, 1.82) is 5.26 Å². The Bertz CT molecular complexity index is 1130. The van der Waals surface area contributed by atoms with Crippen molar-refractivity contribution < 1.29 is 0 Å². The molecule has 1 saturated heterocycles. The molecule has 1 unspecified atom stereocenters. The van der Waals surface area contributed by atoms with Gasteiger partial charge in [0, 0.05) is 23.1 Å². The van der Waals surface area contributed by atoms with E-state index in [-0.39, 0.29) is 5.41 Å².